The molecule has 0 amide bonds. The Morgan fingerprint density at radius 2 is 2.06 bits per heavy atom. The summed E-state index contributed by atoms with van der Waals surface area (Å²) in [5, 5.41) is 5.60. The average molecular weight is 478 g/mol. The van der Waals surface area contributed by atoms with Gasteiger partial charge in [-0.05, 0) is 0 Å². The first-order valence-corrected chi connectivity index (χ1v) is 7.77. The zero-order valence-corrected chi connectivity index (χ0v) is 14.8. The van der Waals surface area contributed by atoms with E-state index in [1.807, 2.05) is 32.8 Å². The molecule has 3 aromatic heterocycles. The van der Waals surface area contributed by atoms with Crippen molar-refractivity contribution in [1.29, 1.82) is 0 Å². The van der Waals surface area contributed by atoms with Gasteiger partial charge in [-0.1, -0.05) is 0 Å². The Bertz CT molecular complexity index is 695. The molecular formula is C11H6BrN4Tl. The molecule has 0 fully saturated rings. The molecule has 6 heteroatoms. The summed E-state index contributed by atoms with van der Waals surface area (Å²) in [6.45, 7) is 0. The second-order valence-electron chi connectivity index (χ2n) is 3.51. The van der Waals surface area contributed by atoms with E-state index in [-0.39, 0.29) is 0 Å². The van der Waals surface area contributed by atoms with Gasteiger partial charge in [-0.2, -0.15) is 0 Å². The number of hydrogen-bond donors (Lipinski definition) is 0. The van der Waals surface area contributed by atoms with Crippen LogP contribution in [0.15, 0.2) is 41.1 Å². The van der Waals surface area contributed by atoms with Gasteiger partial charge in [-0.15, -0.1) is 0 Å². The number of hydrogen-bond acceptors (Lipinski definition) is 3. The van der Waals surface area contributed by atoms with Crippen molar-refractivity contribution in [3.8, 4) is 11.4 Å². The second-order valence-corrected chi connectivity index (χ2v) is 6.23. The molecule has 0 aliphatic carbocycles. The molecule has 3 rings (SSSR count). The van der Waals surface area contributed by atoms with Crippen LogP contribution in [0.1, 0.15) is 0 Å². The molecule has 3 aromatic rings. The predicted octanol–water partition coefficient (Wildman–Crippen LogP) is 2.19. The van der Waals surface area contributed by atoms with Crippen LogP contribution >= 0.6 is 15.9 Å². The van der Waals surface area contributed by atoms with Crippen LogP contribution < -0.4 is 0 Å². The van der Waals surface area contributed by atoms with Crippen molar-refractivity contribution < 1.29 is 0 Å². The molecule has 0 spiro atoms. The quantitative estimate of drug-likeness (QED) is 0.398. The Labute approximate surface area is 122 Å². The van der Waals surface area contributed by atoms with E-state index in [1.165, 1.54) is 0 Å². The van der Waals surface area contributed by atoms with Gasteiger partial charge in [0.2, 0.25) is 0 Å². The third-order valence-electron chi connectivity index (χ3n) is 2.42. The van der Waals surface area contributed by atoms with Crippen LogP contribution in [0, 0.1) is 0 Å². The molecule has 0 aliphatic heterocycles. The van der Waals surface area contributed by atoms with Crippen molar-refractivity contribution in [2.75, 3.05) is 0 Å². The van der Waals surface area contributed by atoms with Crippen LogP contribution in [0.2, 0.25) is 0 Å². The summed E-state index contributed by atoms with van der Waals surface area (Å²) < 4.78 is 2.75. The van der Waals surface area contributed by atoms with E-state index in [0.717, 1.165) is 27.0 Å². The van der Waals surface area contributed by atoms with E-state index < -0.39 is 0 Å². The fourth-order valence-corrected chi connectivity index (χ4v) is 3.30. The number of aromatic nitrogens is 4. The molecule has 3 heterocycles. The van der Waals surface area contributed by atoms with E-state index in [4.69, 9.17) is 0 Å². The van der Waals surface area contributed by atoms with E-state index in [2.05, 4.69) is 31.0 Å². The molecule has 4 nitrogen and oxygen atoms in total. The molecule has 80 valence electrons. The van der Waals surface area contributed by atoms with Gasteiger partial charge < -0.3 is 0 Å². The maximum absolute atomic E-state index is 4.55. The summed E-state index contributed by atoms with van der Waals surface area (Å²) in [4.78, 5) is 8.79. The van der Waals surface area contributed by atoms with Crippen molar-refractivity contribution in [1.82, 2.24) is 17.6 Å². The first-order valence-electron chi connectivity index (χ1n) is 4.97. The normalized spacial score (nSPS) is 10.8. The first kappa shape index (κ1) is 11.3. The monoisotopic (exact) mass is 478 g/mol. The van der Waals surface area contributed by atoms with Gasteiger partial charge >= 0.3 is 123 Å². The molecule has 0 N–H and O–H groups in total. The maximum atomic E-state index is 4.55. The standard InChI is InChI=1S/C11H6BrN4.Tl/c12-9-5-1-4-8(14-9)10-7-3-2-6-13-11(7)16-15-10;/h1-6H;/q-1;+1. The first-order chi connectivity index (χ1) is 8.25. The summed E-state index contributed by atoms with van der Waals surface area (Å²) in [7, 11) is 0. The van der Waals surface area contributed by atoms with Gasteiger partial charge in [0, 0.05) is 0 Å². The summed E-state index contributed by atoms with van der Waals surface area (Å²) in [6.07, 6.45) is 1.79. The fourth-order valence-electron chi connectivity index (χ4n) is 1.70. The average Bonchev–Trinajstić information content (AvgIpc) is 2.68. The summed E-state index contributed by atoms with van der Waals surface area (Å²) in [6, 6.07) is 9.79. The summed E-state index contributed by atoms with van der Waals surface area (Å²) in [5.41, 5.74) is 2.71. The van der Waals surface area contributed by atoms with E-state index in [0.29, 0.717) is 26.1 Å². The fraction of sp³-hybridized carbons (Fsp3) is 0. The zero-order valence-electron chi connectivity index (χ0n) is 8.71. The third kappa shape index (κ3) is 2.01. The van der Waals surface area contributed by atoms with Crippen molar-refractivity contribution in [3.05, 3.63) is 41.1 Å². The van der Waals surface area contributed by atoms with Crippen molar-refractivity contribution in [2.45, 2.75) is 0 Å². The minimum atomic E-state index is 0.596. The molecular weight excluding hydrogens is 472 g/mol. The number of nitrogens with zero attached hydrogens (tertiary/aromatic N) is 4. The van der Waals surface area contributed by atoms with Gasteiger partial charge in [0.15, 0.2) is 0 Å². The topological polar surface area (TPSA) is 43.6 Å². The molecule has 0 atom stereocenters. The Kier molecular flexibility index (Phi) is 2.95. The van der Waals surface area contributed by atoms with E-state index in [9.17, 15) is 0 Å². The van der Waals surface area contributed by atoms with Crippen LogP contribution in [0.3, 0.4) is 0 Å². The number of fused-ring (bicyclic) bond motifs is 1. The number of pyridine rings is 2. The van der Waals surface area contributed by atoms with Crippen LogP contribution in [0.25, 0.3) is 22.4 Å². The van der Waals surface area contributed by atoms with E-state index in [1.54, 1.807) is 6.20 Å². The molecule has 0 saturated carbocycles. The van der Waals surface area contributed by atoms with E-state index >= 15 is 0 Å². The van der Waals surface area contributed by atoms with Gasteiger partial charge in [0.1, 0.15) is 0 Å². The van der Waals surface area contributed by atoms with Gasteiger partial charge in [0.25, 0.3) is 0 Å². The van der Waals surface area contributed by atoms with Crippen molar-refractivity contribution >= 4 is 53.0 Å². The SMILES string of the molecule is Brc1cccc(-c2n[n]([Tl])c3ncccc23)n1. The van der Waals surface area contributed by atoms with Crippen LogP contribution in [0.5, 0.6) is 0 Å². The number of rotatable bonds is 1. The molecule has 17 heavy (non-hydrogen) atoms. The summed E-state index contributed by atoms with van der Waals surface area (Å²) >= 11 is 3.98. The predicted molar refractivity (Wildman–Crippen MR) is 69.6 cm³/mol. The Morgan fingerprint density at radius 1 is 1.18 bits per heavy atom. The van der Waals surface area contributed by atoms with Gasteiger partial charge in [-0.3, -0.25) is 0 Å². The van der Waals surface area contributed by atoms with Crippen LogP contribution in [-0.2, 0) is 0 Å². The molecule has 0 saturated heterocycles. The second kappa shape index (κ2) is 4.45. The molecule has 0 aliphatic rings. The minimum absolute atomic E-state index is 0.596. The Balaban J connectivity index is 2.31. The Hall–Kier alpha value is -0.828. The molecule has 0 radical (unpaired) electrons. The number of halogens is 1. The Morgan fingerprint density at radius 3 is 2.88 bits per heavy atom. The summed E-state index contributed by atoms with van der Waals surface area (Å²) in [5.74, 6) is 0. The molecule has 0 aromatic carbocycles. The molecule has 0 bridgehead atoms. The van der Waals surface area contributed by atoms with Crippen LogP contribution in [0.4, 0.5) is 0 Å². The third-order valence-corrected chi connectivity index (χ3v) is 4.27. The van der Waals surface area contributed by atoms with Crippen molar-refractivity contribution in [3.63, 3.8) is 0 Å². The van der Waals surface area contributed by atoms with Crippen LogP contribution in [-0.4, -0.2) is 43.6 Å². The van der Waals surface area contributed by atoms with Gasteiger partial charge in [0.05, 0.1) is 0 Å². The molecule has 0 unspecified atom stereocenters. The van der Waals surface area contributed by atoms with Crippen molar-refractivity contribution in [2.24, 2.45) is 0 Å². The van der Waals surface area contributed by atoms with Gasteiger partial charge in [-0.25, -0.2) is 0 Å². The zero-order chi connectivity index (χ0) is 11.8.